The number of nitrogens with zero attached hydrogens (tertiary/aromatic N) is 1. The summed E-state index contributed by atoms with van der Waals surface area (Å²) in [7, 11) is 0. The Morgan fingerprint density at radius 2 is 1.69 bits per heavy atom. The standard InChI is InChI=1S/C20H35N3O3/c1-17(2)12-20(14(15(21)24)18(3,4)22-17)16(25)23(19(5,6)26-20)13-10-8-7-9-11-13/h13-14,22H,7-12H2,1-6H3,(H2,21,24). The first-order valence-electron chi connectivity index (χ1n) is 9.95. The van der Waals surface area contributed by atoms with Crippen molar-refractivity contribution in [2.45, 2.75) is 109 Å². The predicted octanol–water partition coefficient (Wildman–Crippen LogP) is 2.30. The molecule has 1 spiro atoms. The van der Waals surface area contributed by atoms with E-state index in [1.165, 1.54) is 6.42 Å². The number of piperidine rings is 1. The van der Waals surface area contributed by atoms with Gasteiger partial charge in [-0.25, -0.2) is 0 Å². The van der Waals surface area contributed by atoms with Crippen LogP contribution < -0.4 is 11.1 Å². The van der Waals surface area contributed by atoms with E-state index < -0.39 is 28.7 Å². The van der Waals surface area contributed by atoms with Crippen molar-refractivity contribution in [1.82, 2.24) is 10.2 Å². The van der Waals surface area contributed by atoms with Gasteiger partial charge in [-0.1, -0.05) is 19.3 Å². The van der Waals surface area contributed by atoms with Crippen LogP contribution in [0.5, 0.6) is 0 Å². The molecule has 2 atom stereocenters. The van der Waals surface area contributed by atoms with Crippen molar-refractivity contribution in [3.63, 3.8) is 0 Å². The Hall–Kier alpha value is -1.14. The van der Waals surface area contributed by atoms with Crippen LogP contribution in [0.15, 0.2) is 0 Å². The number of hydrogen-bond donors (Lipinski definition) is 2. The SMILES string of the molecule is CC1(C)CC2(OC(C)(C)N(C3CCCCC3)C2=O)C(C(N)=O)C(C)(C)N1. The number of rotatable bonds is 2. The molecule has 0 aromatic carbocycles. The molecule has 1 saturated carbocycles. The summed E-state index contributed by atoms with van der Waals surface area (Å²) in [5.41, 5.74) is 2.91. The highest BCUT2D eigenvalue weighted by Gasteiger charge is 2.69. The normalized spacial score (nSPS) is 36.5. The molecular weight excluding hydrogens is 330 g/mol. The lowest BCUT2D eigenvalue weighted by molar-refractivity contribution is -0.187. The van der Waals surface area contributed by atoms with E-state index in [1.807, 2.05) is 32.6 Å². The Kier molecular flexibility index (Phi) is 4.47. The maximum absolute atomic E-state index is 13.9. The number of primary amides is 1. The number of amides is 2. The average Bonchev–Trinajstić information content (AvgIpc) is 2.61. The van der Waals surface area contributed by atoms with Crippen molar-refractivity contribution < 1.29 is 14.3 Å². The number of nitrogens with two attached hydrogens (primary N) is 1. The largest absolute Gasteiger partial charge is 0.369 e. The van der Waals surface area contributed by atoms with E-state index in [9.17, 15) is 9.59 Å². The molecule has 2 heterocycles. The summed E-state index contributed by atoms with van der Waals surface area (Å²) in [4.78, 5) is 28.3. The van der Waals surface area contributed by atoms with Gasteiger partial charge in [-0.2, -0.15) is 0 Å². The minimum atomic E-state index is -1.20. The van der Waals surface area contributed by atoms with Crippen LogP contribution in [0.2, 0.25) is 0 Å². The molecule has 0 aromatic heterocycles. The molecule has 2 saturated heterocycles. The van der Waals surface area contributed by atoms with Crippen LogP contribution in [0.1, 0.15) is 80.1 Å². The maximum Gasteiger partial charge on any atom is 0.258 e. The van der Waals surface area contributed by atoms with E-state index >= 15 is 0 Å². The quantitative estimate of drug-likeness (QED) is 0.786. The Labute approximate surface area is 157 Å². The van der Waals surface area contributed by atoms with Gasteiger partial charge in [0.05, 0.1) is 5.92 Å². The molecule has 0 bridgehead atoms. The van der Waals surface area contributed by atoms with Crippen molar-refractivity contribution in [2.75, 3.05) is 0 Å². The highest BCUT2D eigenvalue weighted by Crippen LogP contribution is 2.52. The van der Waals surface area contributed by atoms with Gasteiger partial charge in [0.2, 0.25) is 5.91 Å². The van der Waals surface area contributed by atoms with Gasteiger partial charge in [0.15, 0.2) is 5.60 Å². The third-order valence-electron chi connectivity index (χ3n) is 6.37. The summed E-state index contributed by atoms with van der Waals surface area (Å²) in [6.07, 6.45) is 5.92. The number of hydrogen-bond acceptors (Lipinski definition) is 4. The van der Waals surface area contributed by atoms with E-state index in [4.69, 9.17) is 10.5 Å². The van der Waals surface area contributed by atoms with E-state index in [1.54, 1.807) is 0 Å². The van der Waals surface area contributed by atoms with E-state index in [0.29, 0.717) is 6.42 Å². The minimum absolute atomic E-state index is 0.0548. The van der Waals surface area contributed by atoms with Crippen LogP contribution in [-0.2, 0) is 14.3 Å². The fraction of sp³-hybridized carbons (Fsp3) is 0.900. The number of ether oxygens (including phenoxy) is 1. The smallest absolute Gasteiger partial charge is 0.258 e. The summed E-state index contributed by atoms with van der Waals surface area (Å²) >= 11 is 0. The van der Waals surface area contributed by atoms with Crippen LogP contribution >= 0.6 is 0 Å². The van der Waals surface area contributed by atoms with Crippen LogP contribution in [0.4, 0.5) is 0 Å². The molecule has 3 fully saturated rings. The monoisotopic (exact) mass is 365 g/mol. The zero-order chi connectivity index (χ0) is 19.5. The molecule has 6 heteroatoms. The molecule has 2 amide bonds. The van der Waals surface area contributed by atoms with Crippen LogP contribution in [0.25, 0.3) is 0 Å². The van der Waals surface area contributed by atoms with Crippen molar-refractivity contribution in [1.29, 1.82) is 0 Å². The van der Waals surface area contributed by atoms with E-state index in [0.717, 1.165) is 25.7 Å². The van der Waals surface area contributed by atoms with Crippen molar-refractivity contribution in [2.24, 2.45) is 11.7 Å². The van der Waals surface area contributed by atoms with Gasteiger partial charge in [-0.15, -0.1) is 0 Å². The number of nitrogens with one attached hydrogen (secondary N) is 1. The Bertz CT molecular complexity index is 607. The molecule has 3 N–H and O–H groups in total. The maximum atomic E-state index is 13.9. The van der Waals surface area contributed by atoms with Gasteiger partial charge >= 0.3 is 0 Å². The highest BCUT2D eigenvalue weighted by atomic mass is 16.6. The second-order valence-electron chi connectivity index (χ2n) is 10.1. The second-order valence-corrected chi connectivity index (χ2v) is 10.1. The summed E-state index contributed by atoms with van der Waals surface area (Å²) in [6, 6.07) is 0.181. The van der Waals surface area contributed by atoms with Crippen molar-refractivity contribution >= 4 is 11.8 Å². The summed E-state index contributed by atoms with van der Waals surface area (Å²) in [5.74, 6) is -1.25. The lowest BCUT2D eigenvalue weighted by Crippen LogP contribution is -2.74. The molecule has 3 aliphatic rings. The number of carbonyl (C=O) groups excluding carboxylic acids is 2. The molecular formula is C20H35N3O3. The predicted molar refractivity (Wildman–Crippen MR) is 100 cm³/mol. The molecule has 3 rings (SSSR count). The highest BCUT2D eigenvalue weighted by molar-refractivity contribution is 5.95. The fourth-order valence-corrected chi connectivity index (χ4v) is 6.14. The Morgan fingerprint density at radius 3 is 2.23 bits per heavy atom. The number of carbonyl (C=O) groups is 2. The van der Waals surface area contributed by atoms with Crippen molar-refractivity contribution in [3.8, 4) is 0 Å². The molecule has 1 aliphatic carbocycles. The van der Waals surface area contributed by atoms with Gasteiger partial charge < -0.3 is 20.7 Å². The van der Waals surface area contributed by atoms with E-state index in [-0.39, 0.29) is 17.5 Å². The van der Waals surface area contributed by atoms with Gasteiger partial charge in [0, 0.05) is 23.5 Å². The molecule has 2 aliphatic heterocycles. The van der Waals surface area contributed by atoms with Crippen LogP contribution in [-0.4, -0.2) is 45.2 Å². The summed E-state index contributed by atoms with van der Waals surface area (Å²) < 4.78 is 6.54. The zero-order valence-electron chi connectivity index (χ0n) is 17.1. The first-order chi connectivity index (χ1) is 11.8. The summed E-state index contributed by atoms with van der Waals surface area (Å²) in [5, 5.41) is 3.51. The first kappa shape index (κ1) is 19.6. The fourth-order valence-electron chi connectivity index (χ4n) is 6.14. The Morgan fingerprint density at radius 1 is 1.12 bits per heavy atom. The van der Waals surface area contributed by atoms with Crippen LogP contribution in [0, 0.1) is 5.92 Å². The third kappa shape index (κ3) is 2.95. The third-order valence-corrected chi connectivity index (χ3v) is 6.37. The first-order valence-corrected chi connectivity index (χ1v) is 9.95. The average molecular weight is 366 g/mol. The lowest BCUT2D eigenvalue weighted by Gasteiger charge is -2.54. The lowest BCUT2D eigenvalue weighted by atomic mass is 9.64. The van der Waals surface area contributed by atoms with Gasteiger partial charge in [-0.3, -0.25) is 9.59 Å². The van der Waals surface area contributed by atoms with Gasteiger partial charge in [0.25, 0.3) is 5.91 Å². The van der Waals surface area contributed by atoms with Crippen LogP contribution in [0.3, 0.4) is 0 Å². The molecule has 6 nitrogen and oxygen atoms in total. The topological polar surface area (TPSA) is 84.7 Å². The molecule has 0 aromatic rings. The van der Waals surface area contributed by atoms with E-state index in [2.05, 4.69) is 19.2 Å². The molecule has 148 valence electrons. The summed E-state index contributed by atoms with van der Waals surface area (Å²) in [6.45, 7) is 11.9. The molecule has 0 radical (unpaired) electrons. The Balaban J connectivity index is 2.08. The second kappa shape index (κ2) is 5.93. The zero-order valence-corrected chi connectivity index (χ0v) is 17.1. The minimum Gasteiger partial charge on any atom is -0.369 e. The molecule has 2 unspecified atom stereocenters. The van der Waals surface area contributed by atoms with Gasteiger partial charge in [-0.05, 0) is 54.4 Å². The van der Waals surface area contributed by atoms with Crippen molar-refractivity contribution in [3.05, 3.63) is 0 Å². The molecule has 26 heavy (non-hydrogen) atoms. The van der Waals surface area contributed by atoms with Gasteiger partial charge in [0.1, 0.15) is 5.72 Å².